The highest BCUT2D eigenvalue weighted by Gasteiger charge is 2.58. The van der Waals surface area contributed by atoms with Gasteiger partial charge in [0.15, 0.2) is 0 Å². The van der Waals surface area contributed by atoms with E-state index >= 15 is 0 Å². The van der Waals surface area contributed by atoms with Crippen molar-refractivity contribution in [2.45, 2.75) is 32.3 Å². The first kappa shape index (κ1) is 8.71. The van der Waals surface area contributed by atoms with Crippen LogP contribution in [0.25, 0.3) is 0 Å². The molecule has 0 aromatic carbocycles. The fraction of sp³-hybridized carbons (Fsp3) is 0.800. The Kier molecular flexibility index (Phi) is 1.71. The minimum absolute atomic E-state index is 0.140. The van der Waals surface area contributed by atoms with Crippen molar-refractivity contribution in [1.82, 2.24) is 0 Å². The highest BCUT2D eigenvalue weighted by molar-refractivity contribution is 5.85. The average Bonchev–Trinajstić information content (AvgIpc) is 2.51. The van der Waals surface area contributed by atoms with Gasteiger partial charge in [-0.05, 0) is 18.3 Å². The standard InChI is InChI=1S/C10H13NO2/c1-10-3-2-7(12)9(10)8(13)4-6(10)5-11/h6,8-9,13H,2-4H2,1H3/t6-,8+,9+,10-/m0/s1. The quantitative estimate of drug-likeness (QED) is 0.600. The molecule has 0 aromatic heterocycles. The number of Topliss-reactive ketones (excluding diaryl/α,β-unsaturated/α-hetero) is 1. The van der Waals surface area contributed by atoms with E-state index in [0.29, 0.717) is 12.8 Å². The van der Waals surface area contributed by atoms with E-state index in [0.717, 1.165) is 6.42 Å². The summed E-state index contributed by atoms with van der Waals surface area (Å²) in [5, 5.41) is 18.6. The van der Waals surface area contributed by atoms with E-state index < -0.39 is 6.10 Å². The SMILES string of the molecule is C[C@@]12CCC(=O)[C@@H]1[C@H](O)C[C@H]2C#N. The van der Waals surface area contributed by atoms with Crippen LogP contribution < -0.4 is 0 Å². The van der Waals surface area contributed by atoms with Gasteiger partial charge in [-0.3, -0.25) is 4.79 Å². The predicted octanol–water partition coefficient (Wildman–Crippen LogP) is 0.876. The molecule has 2 rings (SSSR count). The van der Waals surface area contributed by atoms with Gasteiger partial charge in [-0.1, -0.05) is 6.92 Å². The lowest BCUT2D eigenvalue weighted by Crippen LogP contribution is -2.29. The van der Waals surface area contributed by atoms with Crippen LogP contribution in [0.1, 0.15) is 26.2 Å². The Balaban J connectivity index is 2.37. The highest BCUT2D eigenvalue weighted by atomic mass is 16.3. The lowest BCUT2D eigenvalue weighted by Gasteiger charge is -2.25. The summed E-state index contributed by atoms with van der Waals surface area (Å²) in [6.07, 6.45) is 1.20. The Bertz CT molecular complexity index is 294. The van der Waals surface area contributed by atoms with Gasteiger partial charge in [0, 0.05) is 6.42 Å². The second kappa shape index (κ2) is 2.55. The third kappa shape index (κ3) is 0.955. The monoisotopic (exact) mass is 179 g/mol. The molecule has 4 atom stereocenters. The Labute approximate surface area is 77.4 Å². The van der Waals surface area contributed by atoms with Crippen LogP contribution in [-0.2, 0) is 4.79 Å². The number of ketones is 1. The first-order valence-electron chi connectivity index (χ1n) is 4.70. The maximum Gasteiger partial charge on any atom is 0.139 e. The average molecular weight is 179 g/mol. The van der Waals surface area contributed by atoms with Gasteiger partial charge in [-0.15, -0.1) is 0 Å². The normalized spacial score (nSPS) is 49.0. The number of aliphatic hydroxyl groups excluding tert-OH is 1. The molecular formula is C10H13NO2. The van der Waals surface area contributed by atoms with E-state index in [4.69, 9.17) is 5.26 Å². The van der Waals surface area contributed by atoms with Crippen LogP contribution >= 0.6 is 0 Å². The zero-order valence-corrected chi connectivity index (χ0v) is 7.66. The maximum atomic E-state index is 11.5. The summed E-state index contributed by atoms with van der Waals surface area (Å²) in [6.45, 7) is 1.96. The molecule has 3 heteroatoms. The van der Waals surface area contributed by atoms with Crippen molar-refractivity contribution in [2.75, 3.05) is 0 Å². The van der Waals surface area contributed by atoms with Crippen molar-refractivity contribution in [3.05, 3.63) is 0 Å². The number of carbonyl (C=O) groups excluding carboxylic acids is 1. The summed E-state index contributed by atoms with van der Waals surface area (Å²) < 4.78 is 0. The van der Waals surface area contributed by atoms with Crippen LogP contribution in [0.3, 0.4) is 0 Å². The van der Waals surface area contributed by atoms with Gasteiger partial charge in [-0.2, -0.15) is 5.26 Å². The van der Waals surface area contributed by atoms with Gasteiger partial charge in [0.2, 0.25) is 0 Å². The third-order valence-electron chi connectivity index (χ3n) is 3.78. The molecule has 0 radical (unpaired) electrons. The van der Waals surface area contributed by atoms with Crippen LogP contribution in [0.15, 0.2) is 0 Å². The second-order valence-corrected chi connectivity index (χ2v) is 4.43. The number of hydrogen-bond donors (Lipinski definition) is 1. The van der Waals surface area contributed by atoms with Crippen molar-refractivity contribution in [1.29, 1.82) is 5.26 Å². The number of hydrogen-bond acceptors (Lipinski definition) is 3. The molecule has 13 heavy (non-hydrogen) atoms. The molecule has 70 valence electrons. The molecular weight excluding hydrogens is 166 g/mol. The Morgan fingerprint density at radius 2 is 2.38 bits per heavy atom. The van der Waals surface area contributed by atoms with E-state index in [2.05, 4.69) is 6.07 Å². The summed E-state index contributed by atoms with van der Waals surface area (Å²) in [5.41, 5.74) is -0.245. The lowest BCUT2D eigenvalue weighted by molar-refractivity contribution is -0.124. The summed E-state index contributed by atoms with van der Waals surface area (Å²) in [7, 11) is 0. The molecule has 0 amide bonds. The van der Waals surface area contributed by atoms with E-state index in [1.165, 1.54) is 0 Å². The number of carbonyl (C=O) groups is 1. The van der Waals surface area contributed by atoms with Gasteiger partial charge >= 0.3 is 0 Å². The molecule has 0 aliphatic heterocycles. The summed E-state index contributed by atoms with van der Waals surface area (Å²) in [4.78, 5) is 11.5. The Morgan fingerprint density at radius 3 is 3.00 bits per heavy atom. The molecule has 2 aliphatic carbocycles. The van der Waals surface area contributed by atoms with Gasteiger partial charge in [0.05, 0.1) is 24.0 Å². The lowest BCUT2D eigenvalue weighted by atomic mass is 9.76. The molecule has 2 aliphatic rings. The Hall–Kier alpha value is -0.880. The van der Waals surface area contributed by atoms with Gasteiger partial charge in [-0.25, -0.2) is 0 Å². The summed E-state index contributed by atoms with van der Waals surface area (Å²) in [5.74, 6) is -0.260. The molecule has 2 saturated carbocycles. The smallest absolute Gasteiger partial charge is 0.139 e. The van der Waals surface area contributed by atoms with Crippen molar-refractivity contribution in [3.8, 4) is 6.07 Å². The number of nitriles is 1. The molecule has 0 heterocycles. The number of rotatable bonds is 0. The summed E-state index contributed by atoms with van der Waals surface area (Å²) in [6, 6.07) is 2.21. The molecule has 0 spiro atoms. The minimum Gasteiger partial charge on any atom is -0.392 e. The largest absolute Gasteiger partial charge is 0.392 e. The first-order valence-corrected chi connectivity index (χ1v) is 4.70. The van der Waals surface area contributed by atoms with E-state index in [1.54, 1.807) is 0 Å². The van der Waals surface area contributed by atoms with Gasteiger partial charge < -0.3 is 5.11 Å². The molecule has 3 nitrogen and oxygen atoms in total. The molecule has 0 saturated heterocycles. The van der Waals surface area contributed by atoms with E-state index in [9.17, 15) is 9.90 Å². The molecule has 0 bridgehead atoms. The molecule has 0 aromatic rings. The third-order valence-corrected chi connectivity index (χ3v) is 3.78. The second-order valence-electron chi connectivity index (χ2n) is 4.43. The van der Waals surface area contributed by atoms with Crippen LogP contribution in [0.5, 0.6) is 0 Å². The van der Waals surface area contributed by atoms with Crippen LogP contribution in [0.4, 0.5) is 0 Å². The maximum absolute atomic E-state index is 11.5. The van der Waals surface area contributed by atoms with Crippen LogP contribution in [0, 0.1) is 28.6 Å². The number of fused-ring (bicyclic) bond motifs is 1. The highest BCUT2D eigenvalue weighted by Crippen LogP contribution is 2.55. The number of nitrogens with zero attached hydrogens (tertiary/aromatic N) is 1. The van der Waals surface area contributed by atoms with E-state index in [-0.39, 0.29) is 23.0 Å². The minimum atomic E-state index is -0.579. The zero-order chi connectivity index (χ0) is 9.64. The topological polar surface area (TPSA) is 61.1 Å². The van der Waals surface area contributed by atoms with E-state index in [1.807, 2.05) is 6.92 Å². The predicted molar refractivity (Wildman–Crippen MR) is 45.6 cm³/mol. The van der Waals surface area contributed by atoms with Crippen LogP contribution in [-0.4, -0.2) is 17.0 Å². The molecule has 1 N–H and O–H groups in total. The van der Waals surface area contributed by atoms with Crippen molar-refractivity contribution >= 4 is 5.78 Å². The van der Waals surface area contributed by atoms with Crippen molar-refractivity contribution < 1.29 is 9.90 Å². The fourth-order valence-corrected chi connectivity index (χ4v) is 2.96. The summed E-state index contributed by atoms with van der Waals surface area (Å²) >= 11 is 0. The van der Waals surface area contributed by atoms with Gasteiger partial charge in [0.1, 0.15) is 5.78 Å². The van der Waals surface area contributed by atoms with Crippen molar-refractivity contribution in [2.24, 2.45) is 17.3 Å². The molecule has 0 unspecified atom stereocenters. The van der Waals surface area contributed by atoms with Crippen molar-refractivity contribution in [3.63, 3.8) is 0 Å². The zero-order valence-electron chi connectivity index (χ0n) is 7.66. The fourth-order valence-electron chi connectivity index (χ4n) is 2.96. The first-order chi connectivity index (χ1) is 6.09. The van der Waals surface area contributed by atoms with Crippen LogP contribution in [0.2, 0.25) is 0 Å². The molecule has 2 fully saturated rings. The Morgan fingerprint density at radius 1 is 1.69 bits per heavy atom. The van der Waals surface area contributed by atoms with Gasteiger partial charge in [0.25, 0.3) is 0 Å². The number of aliphatic hydroxyl groups is 1.